The molecule has 1 amide bonds. The summed E-state index contributed by atoms with van der Waals surface area (Å²) in [5, 5.41) is 5.03. The number of carbonyl (C=O) groups excluding carboxylic acids is 1. The Labute approximate surface area is 313 Å². The van der Waals surface area contributed by atoms with Crippen LogP contribution < -0.4 is 11.1 Å². The van der Waals surface area contributed by atoms with Gasteiger partial charge in [0, 0.05) is 12.4 Å². The molecule has 4 heterocycles. The smallest absolute Gasteiger partial charge is 0.263 e. The van der Waals surface area contributed by atoms with Crippen LogP contribution in [-0.2, 0) is 4.79 Å². The van der Waals surface area contributed by atoms with Crippen LogP contribution in [0.15, 0.2) is 87.2 Å². The molecule has 0 saturated carbocycles. The van der Waals surface area contributed by atoms with Crippen LogP contribution in [0.25, 0.3) is 11.4 Å². The van der Waals surface area contributed by atoms with Crippen LogP contribution in [0, 0.1) is 11.8 Å². The maximum atomic E-state index is 13.5. The Balaban J connectivity index is 1.38. The Morgan fingerprint density at radius 1 is 0.812 bits per heavy atom. The van der Waals surface area contributed by atoms with E-state index in [4.69, 9.17) is 5.73 Å². The number of aromatic nitrogens is 2. The Kier molecular flexibility index (Phi) is 16.5. The van der Waals surface area contributed by atoms with Crippen LogP contribution in [-0.4, -0.2) is 27.4 Å². The lowest BCUT2D eigenvalue weighted by Gasteiger charge is -2.11. The van der Waals surface area contributed by atoms with Crippen molar-refractivity contribution in [1.29, 1.82) is 0 Å². The van der Waals surface area contributed by atoms with E-state index in [9.17, 15) is 4.79 Å². The highest BCUT2D eigenvalue weighted by atomic mass is 32.3. The predicted octanol–water partition coefficient (Wildman–Crippen LogP) is 12.7. The lowest BCUT2D eigenvalue weighted by Crippen LogP contribution is -2.13. The standard InChI is InChI=1S/C37H48N4OS6/c1-24(2)11-7-13-26(5)17-21-43-34-35(44-22-18-27(6)14-8-12-25(3)4)48-37(47-34)36-45-23-30(46-36)33(42)41-29-16-10-20-40-32(29)31-28(38)15-9-19-39-31/h9-12,15-16,19-20,23,26-27H,7-8,13-14,17-18,21-22,38H2,1-6H3,(H,41,42). The summed E-state index contributed by atoms with van der Waals surface area (Å²) in [4.78, 5) is 23.0. The quantitative estimate of drug-likeness (QED) is 0.152. The van der Waals surface area contributed by atoms with E-state index >= 15 is 0 Å². The first-order chi connectivity index (χ1) is 23.1. The molecule has 2 aromatic heterocycles. The van der Waals surface area contributed by atoms with E-state index < -0.39 is 0 Å². The molecule has 5 nitrogen and oxygen atoms in total. The van der Waals surface area contributed by atoms with Gasteiger partial charge in [0.25, 0.3) is 5.91 Å². The van der Waals surface area contributed by atoms with Gasteiger partial charge in [-0.2, -0.15) is 0 Å². The number of rotatable bonds is 17. The largest absolute Gasteiger partial charge is 0.397 e. The number of nitrogens with one attached hydrogen (secondary N) is 1. The van der Waals surface area contributed by atoms with Gasteiger partial charge in [0.2, 0.25) is 0 Å². The second-order valence-electron chi connectivity index (χ2n) is 12.6. The van der Waals surface area contributed by atoms with Crippen molar-refractivity contribution in [2.24, 2.45) is 11.8 Å². The van der Waals surface area contributed by atoms with Gasteiger partial charge in [0.1, 0.15) is 11.4 Å². The maximum absolute atomic E-state index is 13.5. The van der Waals surface area contributed by atoms with Crippen molar-refractivity contribution < 1.29 is 4.79 Å². The van der Waals surface area contributed by atoms with Crippen LogP contribution in [0.5, 0.6) is 0 Å². The van der Waals surface area contributed by atoms with E-state index in [1.54, 1.807) is 54.1 Å². The highest BCUT2D eigenvalue weighted by molar-refractivity contribution is 8.42. The van der Waals surface area contributed by atoms with E-state index in [1.165, 1.54) is 66.6 Å². The number of allylic oxidation sites excluding steroid dienone is 4. The fourth-order valence-electron chi connectivity index (χ4n) is 4.78. The molecule has 3 N–H and O–H groups in total. The molecule has 2 aliphatic rings. The molecule has 0 bridgehead atoms. The minimum atomic E-state index is -0.152. The van der Waals surface area contributed by atoms with Crippen molar-refractivity contribution in [3.05, 3.63) is 87.2 Å². The summed E-state index contributed by atoms with van der Waals surface area (Å²) >= 11 is 11.0. The number of hydrogen-bond acceptors (Lipinski definition) is 10. The highest BCUT2D eigenvalue weighted by Gasteiger charge is 2.29. The van der Waals surface area contributed by atoms with Gasteiger partial charge in [0.15, 0.2) is 0 Å². The zero-order valence-corrected chi connectivity index (χ0v) is 33.7. The molecule has 2 atom stereocenters. The third kappa shape index (κ3) is 12.6. The van der Waals surface area contributed by atoms with Crippen molar-refractivity contribution in [3.63, 3.8) is 0 Å². The Morgan fingerprint density at radius 2 is 1.38 bits per heavy atom. The Morgan fingerprint density at radius 3 is 1.94 bits per heavy atom. The lowest BCUT2D eigenvalue weighted by molar-refractivity contribution is -0.112. The zero-order valence-electron chi connectivity index (χ0n) is 28.8. The number of carbonyl (C=O) groups is 1. The number of pyridine rings is 2. The van der Waals surface area contributed by atoms with Gasteiger partial charge in [0.05, 0.1) is 33.2 Å². The van der Waals surface area contributed by atoms with Gasteiger partial charge in [-0.25, -0.2) is 0 Å². The summed E-state index contributed by atoms with van der Waals surface area (Å²) < 4.78 is 5.31. The van der Waals surface area contributed by atoms with Crippen LogP contribution >= 0.6 is 70.6 Å². The molecule has 0 aromatic carbocycles. The fraction of sp³-hybridized carbons (Fsp3) is 0.432. The average molecular weight is 757 g/mol. The van der Waals surface area contributed by atoms with Gasteiger partial charge in [-0.1, -0.05) is 84.2 Å². The molecule has 0 radical (unpaired) electrons. The number of nitrogen functional groups attached to an aromatic ring is 1. The maximum Gasteiger partial charge on any atom is 0.263 e. The normalized spacial score (nSPS) is 15.8. The van der Waals surface area contributed by atoms with E-state index in [-0.39, 0.29) is 5.91 Å². The third-order valence-corrected chi connectivity index (χ3v) is 16.1. The molecular weight excluding hydrogens is 709 g/mol. The number of anilines is 2. The lowest BCUT2D eigenvalue weighted by atomic mass is 10.0. The van der Waals surface area contributed by atoms with E-state index in [0.29, 0.717) is 39.5 Å². The number of hydrogen-bond donors (Lipinski definition) is 2. The van der Waals surface area contributed by atoms with Gasteiger partial charge < -0.3 is 11.1 Å². The van der Waals surface area contributed by atoms with E-state index in [1.807, 2.05) is 58.5 Å². The third-order valence-electron chi connectivity index (χ3n) is 7.63. The summed E-state index contributed by atoms with van der Waals surface area (Å²) in [7, 11) is 0. The first kappa shape index (κ1) is 39.2. The van der Waals surface area contributed by atoms with E-state index in [2.05, 4.69) is 69.0 Å². The van der Waals surface area contributed by atoms with Crippen LogP contribution in [0.1, 0.15) is 80.1 Å². The molecule has 2 unspecified atom stereocenters. The molecule has 11 heteroatoms. The van der Waals surface area contributed by atoms with Crippen molar-refractivity contribution in [3.8, 4) is 11.4 Å². The molecule has 48 heavy (non-hydrogen) atoms. The molecular formula is C37H48N4OS6. The number of amides is 1. The molecule has 0 saturated heterocycles. The summed E-state index contributed by atoms with van der Waals surface area (Å²) in [6.07, 6.45) is 15.3. The van der Waals surface area contributed by atoms with Crippen LogP contribution in [0.4, 0.5) is 11.4 Å². The first-order valence-corrected chi connectivity index (χ1v) is 21.8. The van der Waals surface area contributed by atoms with Crippen LogP contribution in [0.3, 0.4) is 0 Å². The number of nitrogens with two attached hydrogens (primary N) is 1. The molecule has 2 aliphatic heterocycles. The van der Waals surface area contributed by atoms with Crippen molar-refractivity contribution >= 4 is 87.9 Å². The second kappa shape index (κ2) is 20.3. The van der Waals surface area contributed by atoms with Crippen molar-refractivity contribution in [1.82, 2.24) is 9.97 Å². The fourth-order valence-corrected chi connectivity index (χ4v) is 13.6. The summed E-state index contributed by atoms with van der Waals surface area (Å²) in [6, 6.07) is 7.22. The minimum Gasteiger partial charge on any atom is -0.397 e. The summed E-state index contributed by atoms with van der Waals surface area (Å²) in [5.41, 5.74) is 11.2. The monoisotopic (exact) mass is 756 g/mol. The second-order valence-corrected chi connectivity index (χ2v) is 19.8. The van der Waals surface area contributed by atoms with E-state index in [0.717, 1.165) is 11.5 Å². The molecule has 2 aromatic rings. The van der Waals surface area contributed by atoms with Gasteiger partial charge in [-0.15, -0.1) is 23.5 Å². The summed E-state index contributed by atoms with van der Waals surface area (Å²) in [5.74, 6) is 3.53. The topological polar surface area (TPSA) is 80.9 Å². The molecule has 258 valence electrons. The SMILES string of the molecule is CC(C)=CCCC(C)CCSC1=C(SCCC(C)CCC=C(C)C)SC(=C2SC=C(C(=O)Nc3cccnc3-c3ncccc3N)S2)S1. The zero-order chi connectivity index (χ0) is 34.5. The number of thioether (sulfide) groups is 6. The molecule has 0 fully saturated rings. The van der Waals surface area contributed by atoms with Gasteiger partial charge in [-0.3, -0.25) is 14.8 Å². The summed E-state index contributed by atoms with van der Waals surface area (Å²) in [6.45, 7) is 13.5. The van der Waals surface area contributed by atoms with Crippen molar-refractivity contribution in [2.75, 3.05) is 22.6 Å². The molecule has 0 spiro atoms. The van der Waals surface area contributed by atoms with Gasteiger partial charge >= 0.3 is 0 Å². The Hall–Kier alpha value is -1.63. The predicted molar refractivity (Wildman–Crippen MR) is 223 cm³/mol. The van der Waals surface area contributed by atoms with Crippen molar-refractivity contribution in [2.45, 2.75) is 80.1 Å². The minimum absolute atomic E-state index is 0.152. The van der Waals surface area contributed by atoms with Gasteiger partial charge in [-0.05, 0) is 119 Å². The molecule has 4 rings (SSSR count). The molecule has 0 aliphatic carbocycles. The first-order valence-electron chi connectivity index (χ1n) is 16.5. The Bertz CT molecular complexity index is 1520. The average Bonchev–Trinajstić information content (AvgIpc) is 3.69. The van der Waals surface area contributed by atoms with Crippen LogP contribution in [0.2, 0.25) is 0 Å². The number of nitrogens with zero attached hydrogens (tertiary/aromatic N) is 2. The highest BCUT2D eigenvalue weighted by Crippen LogP contribution is 2.62.